The van der Waals surface area contributed by atoms with Gasteiger partial charge in [0.05, 0.1) is 5.76 Å². The summed E-state index contributed by atoms with van der Waals surface area (Å²) in [6.45, 7) is 19.1. The van der Waals surface area contributed by atoms with Crippen molar-refractivity contribution >= 4 is 60.0 Å². The Morgan fingerprint density at radius 1 is 0.808 bits per heavy atom. The van der Waals surface area contributed by atoms with Gasteiger partial charge in [-0.25, -0.2) is 0 Å². The van der Waals surface area contributed by atoms with E-state index in [9.17, 15) is 9.90 Å². The van der Waals surface area contributed by atoms with Gasteiger partial charge in [0, 0.05) is 60.7 Å². The van der Waals surface area contributed by atoms with Gasteiger partial charge in [-0.15, -0.1) is 29.1 Å². The molecule has 0 aliphatic rings. The van der Waals surface area contributed by atoms with Gasteiger partial charge >= 0.3 is 0 Å². The average Bonchev–Trinajstić information content (AvgIpc) is 3.49. The van der Waals surface area contributed by atoms with Gasteiger partial charge in [0.25, 0.3) is 0 Å². The van der Waals surface area contributed by atoms with Crippen LogP contribution in [0.15, 0.2) is 101 Å². The van der Waals surface area contributed by atoms with Crippen LogP contribution in [0.1, 0.15) is 92.2 Å². The second kappa shape index (κ2) is 15.7. The Kier molecular flexibility index (Phi) is 11.8. The molecule has 2 atom stereocenters. The van der Waals surface area contributed by atoms with E-state index in [0.29, 0.717) is 5.92 Å². The van der Waals surface area contributed by atoms with Gasteiger partial charge in [0.2, 0.25) is 0 Å². The summed E-state index contributed by atoms with van der Waals surface area (Å²) in [5.74, 6) is 0.742. The Morgan fingerprint density at radius 2 is 1.46 bits per heavy atom. The maximum Gasteiger partial charge on any atom is 0.161 e. The number of hydrogen-bond donors (Lipinski definition) is 1. The molecule has 5 heteroatoms. The number of aliphatic hydroxyl groups is 1. The number of hydrogen-bond acceptors (Lipinski definition) is 4. The van der Waals surface area contributed by atoms with Gasteiger partial charge in [-0.3, -0.25) is 9.78 Å². The molecule has 0 saturated carbocycles. The summed E-state index contributed by atoms with van der Waals surface area (Å²) in [6, 6.07) is 32.0. The van der Waals surface area contributed by atoms with Crippen molar-refractivity contribution < 1.29 is 34.4 Å². The van der Waals surface area contributed by atoms with Crippen LogP contribution in [0.4, 0.5) is 0 Å². The summed E-state index contributed by atoms with van der Waals surface area (Å²) in [5, 5.41) is 19.1. The molecule has 0 saturated heterocycles. The van der Waals surface area contributed by atoms with Crippen molar-refractivity contribution in [2.24, 2.45) is 11.8 Å². The van der Waals surface area contributed by atoms with Gasteiger partial charge in [0.15, 0.2) is 5.78 Å². The number of furan rings is 1. The van der Waals surface area contributed by atoms with Gasteiger partial charge < -0.3 is 9.52 Å². The first-order chi connectivity index (χ1) is 24.3. The summed E-state index contributed by atoms with van der Waals surface area (Å²) >= 11 is 0. The van der Waals surface area contributed by atoms with Crippen LogP contribution >= 0.6 is 0 Å². The number of rotatable bonds is 7. The molecule has 0 aliphatic carbocycles. The number of ketones is 1. The van der Waals surface area contributed by atoms with Crippen molar-refractivity contribution in [1.82, 2.24) is 4.98 Å². The summed E-state index contributed by atoms with van der Waals surface area (Å²) in [7, 11) is 0. The van der Waals surface area contributed by atoms with E-state index in [1.54, 1.807) is 0 Å². The maximum atomic E-state index is 11.4. The number of benzene rings is 5. The summed E-state index contributed by atoms with van der Waals surface area (Å²) < 4.78 is 6.61. The van der Waals surface area contributed by atoms with Crippen LogP contribution in [0.5, 0.6) is 0 Å². The Labute approximate surface area is 321 Å². The van der Waals surface area contributed by atoms with Gasteiger partial charge in [-0.05, 0) is 75.5 Å². The number of aromatic nitrogens is 1. The maximum absolute atomic E-state index is 11.4. The van der Waals surface area contributed by atoms with E-state index >= 15 is 0 Å². The number of allylic oxidation sites excluding steroid dienone is 2. The Bertz CT molecular complexity index is 2430. The molecule has 4 nitrogen and oxygen atoms in total. The number of carbonyl (C=O) groups excluding carboxylic acids is 1. The van der Waals surface area contributed by atoms with Crippen LogP contribution in [-0.2, 0) is 30.3 Å². The fraction of sp³-hybridized carbons (Fsp3) is 0.319. The van der Waals surface area contributed by atoms with E-state index < -0.39 is 0 Å². The normalized spacial score (nSPS) is 13.4. The third-order valence-electron chi connectivity index (χ3n) is 10.4. The second-order valence-corrected chi connectivity index (χ2v) is 15.4. The summed E-state index contributed by atoms with van der Waals surface area (Å²) in [5.41, 5.74) is 6.22. The Morgan fingerprint density at radius 3 is 2.12 bits per heavy atom. The minimum absolute atomic E-state index is 0. The predicted octanol–water partition coefficient (Wildman–Crippen LogP) is 13.4. The molecule has 2 aromatic heterocycles. The van der Waals surface area contributed by atoms with Gasteiger partial charge in [0.1, 0.15) is 11.2 Å². The fourth-order valence-electron chi connectivity index (χ4n) is 6.82. The molecule has 2 unspecified atom stereocenters. The van der Waals surface area contributed by atoms with Crippen LogP contribution in [0.25, 0.3) is 65.5 Å². The molecule has 1 N–H and O–H groups in total. The fourth-order valence-corrected chi connectivity index (χ4v) is 6.82. The van der Waals surface area contributed by atoms with Crippen LogP contribution in [0.3, 0.4) is 0 Å². The van der Waals surface area contributed by atoms with Crippen molar-refractivity contribution in [1.29, 1.82) is 0 Å². The molecule has 0 amide bonds. The van der Waals surface area contributed by atoms with Crippen molar-refractivity contribution in [2.45, 2.75) is 86.5 Å². The number of carbonyl (C=O) groups is 1. The zero-order chi connectivity index (χ0) is 36.6. The molecule has 0 aliphatic heterocycles. The first-order valence-electron chi connectivity index (χ1n) is 18.4. The van der Waals surface area contributed by atoms with E-state index in [-0.39, 0.29) is 48.9 Å². The number of pyridine rings is 1. The molecule has 2 heterocycles. The van der Waals surface area contributed by atoms with Crippen LogP contribution in [0.2, 0.25) is 0 Å². The molecule has 1 radical (unpaired) electrons. The van der Waals surface area contributed by atoms with E-state index in [2.05, 4.69) is 120 Å². The molecular formula is C47H50IrNO3-. The summed E-state index contributed by atoms with van der Waals surface area (Å²) in [4.78, 5) is 16.2. The van der Waals surface area contributed by atoms with Crippen LogP contribution in [0, 0.1) is 17.9 Å². The molecule has 7 aromatic rings. The Hall–Kier alpha value is -4.31. The number of aliphatic hydroxyl groups excluding tert-OH is 1. The first-order valence-corrected chi connectivity index (χ1v) is 18.4. The molecule has 0 fully saturated rings. The Balaban J connectivity index is 0.000000322. The van der Waals surface area contributed by atoms with Crippen molar-refractivity contribution in [3.8, 4) is 11.3 Å². The zero-order valence-corrected chi connectivity index (χ0v) is 34.2. The SMILES string of the molecule is CC(C)c1cc(-c2nccc3c2oc2cc4cc(C(C)(C)C)c5ccccc5c4cc23)[c-]c2ccccc12.CCC(C)C(=O)/C=C(\O)C(C)CC.[Ir]. The molecule has 52 heavy (non-hydrogen) atoms. The molecule has 0 spiro atoms. The van der Waals surface area contributed by atoms with E-state index in [1.165, 1.54) is 44.1 Å². The smallest absolute Gasteiger partial charge is 0.161 e. The summed E-state index contributed by atoms with van der Waals surface area (Å²) in [6.07, 6.45) is 4.96. The zero-order valence-electron chi connectivity index (χ0n) is 31.9. The van der Waals surface area contributed by atoms with Gasteiger partial charge in [-0.1, -0.05) is 116 Å². The second-order valence-electron chi connectivity index (χ2n) is 15.4. The minimum Gasteiger partial charge on any atom is -0.512 e. The third-order valence-corrected chi connectivity index (χ3v) is 10.4. The number of nitrogens with zero attached hydrogens (tertiary/aromatic N) is 1. The quantitative estimate of drug-likeness (QED) is 0.0750. The molecule has 0 bridgehead atoms. The topological polar surface area (TPSA) is 63.3 Å². The predicted molar refractivity (Wildman–Crippen MR) is 216 cm³/mol. The van der Waals surface area contributed by atoms with E-state index in [4.69, 9.17) is 9.40 Å². The van der Waals surface area contributed by atoms with E-state index in [1.807, 2.05) is 33.9 Å². The van der Waals surface area contributed by atoms with Crippen LogP contribution < -0.4 is 0 Å². The molecule has 5 aromatic carbocycles. The van der Waals surface area contributed by atoms with Crippen molar-refractivity contribution in [2.75, 3.05) is 0 Å². The van der Waals surface area contributed by atoms with Gasteiger partial charge in [-0.2, -0.15) is 0 Å². The molecule has 271 valence electrons. The standard InChI is InChI=1S/C36H30NO.C11H20O2.Ir/c1-21(2)29-17-24(16-22-10-6-7-11-25(22)29)34-35-28(14-15-37-34)31-20-30-23(19-33(31)38-35)18-32(36(3,4)5)27-13-9-8-12-26(27)30;1-5-8(3)10(12)7-11(13)9(4)6-2;/h6-15,17-21H,1-5H3;7-9,12H,5-6H2,1-4H3;/q-1;;/b;10-7-;. The van der Waals surface area contributed by atoms with Crippen molar-refractivity contribution in [3.05, 3.63) is 114 Å². The monoisotopic (exact) mass is 869 g/mol. The molecular weight excluding hydrogens is 819 g/mol. The third kappa shape index (κ3) is 7.58. The van der Waals surface area contributed by atoms with Crippen molar-refractivity contribution in [3.63, 3.8) is 0 Å². The van der Waals surface area contributed by atoms with Crippen LogP contribution in [-0.4, -0.2) is 15.9 Å². The first kappa shape index (κ1) is 38.9. The number of fused-ring (bicyclic) bond motifs is 7. The minimum atomic E-state index is 0. The largest absolute Gasteiger partial charge is 0.512 e. The average molecular weight is 869 g/mol. The molecule has 7 rings (SSSR count). The van der Waals surface area contributed by atoms with E-state index in [0.717, 1.165) is 51.4 Å².